The third kappa shape index (κ3) is 1.74. The molecule has 0 saturated carbocycles. The van der Waals surface area contributed by atoms with E-state index in [-0.39, 0.29) is 5.37 Å². The number of hydrogen-bond donors (Lipinski definition) is 1. The SMILES string of the molecule is CC1=NC(C(C)C)S/C1=N\O. The van der Waals surface area contributed by atoms with Crippen LogP contribution in [0.5, 0.6) is 0 Å². The van der Waals surface area contributed by atoms with Crippen LogP contribution in [-0.2, 0) is 0 Å². The molecule has 0 fully saturated rings. The fraction of sp³-hybridized carbons (Fsp3) is 0.714. The standard InChI is InChI=1S/C7H12N2OS/c1-4(2)6-8-5(3)7(9-10)11-6/h4,6,10H,1-3H3/b9-7-. The molecule has 1 aliphatic heterocycles. The highest BCUT2D eigenvalue weighted by molar-refractivity contribution is 8.16. The zero-order chi connectivity index (χ0) is 8.43. The molecule has 0 bridgehead atoms. The van der Waals surface area contributed by atoms with E-state index < -0.39 is 0 Å². The largest absolute Gasteiger partial charge is 0.410 e. The zero-order valence-electron chi connectivity index (χ0n) is 6.90. The Balaban J connectivity index is 2.71. The van der Waals surface area contributed by atoms with Crippen LogP contribution in [0.25, 0.3) is 0 Å². The molecule has 0 radical (unpaired) electrons. The van der Waals surface area contributed by atoms with E-state index in [0.29, 0.717) is 11.0 Å². The van der Waals surface area contributed by atoms with Gasteiger partial charge in [-0.2, -0.15) is 0 Å². The lowest BCUT2D eigenvalue weighted by Crippen LogP contribution is -2.04. The van der Waals surface area contributed by atoms with Gasteiger partial charge in [-0.05, 0) is 12.8 Å². The average molecular weight is 172 g/mol. The Morgan fingerprint density at radius 3 is 2.55 bits per heavy atom. The van der Waals surface area contributed by atoms with Crippen LogP contribution < -0.4 is 0 Å². The first-order valence-corrected chi connectivity index (χ1v) is 4.46. The van der Waals surface area contributed by atoms with Crippen molar-refractivity contribution in [1.82, 2.24) is 0 Å². The maximum absolute atomic E-state index is 8.52. The van der Waals surface area contributed by atoms with Crippen LogP contribution in [-0.4, -0.2) is 21.3 Å². The van der Waals surface area contributed by atoms with Gasteiger partial charge in [-0.1, -0.05) is 30.8 Å². The Bertz CT molecular complexity index is 210. The number of aliphatic imine (C=N–C) groups is 1. The second-order valence-corrected chi connectivity index (χ2v) is 3.98. The molecule has 3 nitrogen and oxygen atoms in total. The van der Waals surface area contributed by atoms with Crippen LogP contribution in [0.2, 0.25) is 0 Å². The number of oxime groups is 1. The van der Waals surface area contributed by atoms with Crippen molar-refractivity contribution in [3.05, 3.63) is 0 Å². The van der Waals surface area contributed by atoms with Crippen LogP contribution in [0.1, 0.15) is 20.8 Å². The van der Waals surface area contributed by atoms with Gasteiger partial charge in [0.1, 0.15) is 5.37 Å². The first-order chi connectivity index (χ1) is 5.15. The lowest BCUT2D eigenvalue weighted by molar-refractivity contribution is 0.321. The Hall–Kier alpha value is -0.510. The van der Waals surface area contributed by atoms with Gasteiger partial charge in [0, 0.05) is 0 Å². The van der Waals surface area contributed by atoms with E-state index in [9.17, 15) is 0 Å². The second kappa shape index (κ2) is 3.26. The molecule has 0 aromatic rings. The van der Waals surface area contributed by atoms with Crippen molar-refractivity contribution in [3.8, 4) is 0 Å². The summed E-state index contributed by atoms with van der Waals surface area (Å²) in [6.45, 7) is 6.08. The minimum atomic E-state index is 0.237. The van der Waals surface area contributed by atoms with E-state index in [2.05, 4.69) is 24.0 Å². The molecule has 1 aliphatic rings. The van der Waals surface area contributed by atoms with Crippen LogP contribution >= 0.6 is 11.8 Å². The Morgan fingerprint density at radius 1 is 1.64 bits per heavy atom. The van der Waals surface area contributed by atoms with Gasteiger partial charge in [-0.3, -0.25) is 4.99 Å². The fourth-order valence-corrected chi connectivity index (χ4v) is 1.84. The van der Waals surface area contributed by atoms with Crippen LogP contribution in [0, 0.1) is 5.92 Å². The molecule has 1 heterocycles. The van der Waals surface area contributed by atoms with E-state index in [0.717, 1.165) is 5.71 Å². The first-order valence-electron chi connectivity index (χ1n) is 3.58. The normalized spacial score (nSPS) is 28.2. The monoisotopic (exact) mass is 172 g/mol. The Labute approximate surface area is 70.6 Å². The molecular weight excluding hydrogens is 160 g/mol. The molecule has 0 spiro atoms. The smallest absolute Gasteiger partial charge is 0.158 e. The summed E-state index contributed by atoms with van der Waals surface area (Å²) in [7, 11) is 0. The van der Waals surface area contributed by atoms with Crippen LogP contribution in [0.3, 0.4) is 0 Å². The average Bonchev–Trinajstić information content (AvgIpc) is 2.31. The van der Waals surface area contributed by atoms with E-state index >= 15 is 0 Å². The Kier molecular flexibility index (Phi) is 2.54. The third-order valence-electron chi connectivity index (χ3n) is 1.52. The number of thioether (sulfide) groups is 1. The van der Waals surface area contributed by atoms with Crippen molar-refractivity contribution in [1.29, 1.82) is 0 Å². The highest BCUT2D eigenvalue weighted by Gasteiger charge is 2.24. The van der Waals surface area contributed by atoms with Gasteiger partial charge < -0.3 is 5.21 Å². The molecule has 0 aliphatic carbocycles. The minimum absolute atomic E-state index is 0.237. The van der Waals surface area contributed by atoms with E-state index in [1.54, 1.807) is 0 Å². The highest BCUT2D eigenvalue weighted by atomic mass is 32.2. The van der Waals surface area contributed by atoms with Crippen molar-refractivity contribution in [2.45, 2.75) is 26.1 Å². The molecule has 1 atom stereocenters. The van der Waals surface area contributed by atoms with Gasteiger partial charge in [0.15, 0.2) is 5.04 Å². The summed E-state index contributed by atoms with van der Waals surface area (Å²) in [6.07, 6.45) is 0. The predicted octanol–water partition coefficient (Wildman–Crippen LogP) is 1.96. The predicted molar refractivity (Wildman–Crippen MR) is 48.5 cm³/mol. The fourth-order valence-electron chi connectivity index (χ4n) is 0.853. The lowest BCUT2D eigenvalue weighted by atomic mass is 10.2. The van der Waals surface area contributed by atoms with E-state index in [1.807, 2.05) is 6.92 Å². The second-order valence-electron chi connectivity index (χ2n) is 2.87. The van der Waals surface area contributed by atoms with Crippen molar-refractivity contribution in [2.75, 3.05) is 0 Å². The maximum atomic E-state index is 8.52. The van der Waals surface area contributed by atoms with Crippen molar-refractivity contribution >= 4 is 22.5 Å². The van der Waals surface area contributed by atoms with Gasteiger partial charge in [-0.25, -0.2) is 0 Å². The number of hydrogen-bond acceptors (Lipinski definition) is 4. The first kappa shape index (κ1) is 8.59. The summed E-state index contributed by atoms with van der Waals surface area (Å²) in [5, 5.41) is 12.6. The molecule has 1 rings (SSSR count). The van der Waals surface area contributed by atoms with Crippen LogP contribution in [0.15, 0.2) is 10.1 Å². The summed E-state index contributed by atoms with van der Waals surface area (Å²) in [5.41, 5.74) is 0.844. The van der Waals surface area contributed by atoms with Gasteiger partial charge in [0.2, 0.25) is 0 Å². The zero-order valence-corrected chi connectivity index (χ0v) is 7.72. The summed E-state index contributed by atoms with van der Waals surface area (Å²) >= 11 is 1.52. The number of rotatable bonds is 1. The van der Waals surface area contributed by atoms with Crippen molar-refractivity contribution in [3.63, 3.8) is 0 Å². The van der Waals surface area contributed by atoms with Crippen molar-refractivity contribution in [2.24, 2.45) is 16.1 Å². The van der Waals surface area contributed by atoms with Crippen LogP contribution in [0.4, 0.5) is 0 Å². The molecule has 11 heavy (non-hydrogen) atoms. The molecular formula is C7H12N2OS. The Morgan fingerprint density at radius 2 is 2.27 bits per heavy atom. The minimum Gasteiger partial charge on any atom is -0.410 e. The summed E-state index contributed by atoms with van der Waals surface area (Å²) < 4.78 is 0. The molecule has 4 heteroatoms. The number of nitrogens with zero attached hydrogens (tertiary/aromatic N) is 2. The third-order valence-corrected chi connectivity index (χ3v) is 3.02. The van der Waals surface area contributed by atoms with E-state index in [1.165, 1.54) is 11.8 Å². The molecule has 0 saturated heterocycles. The topological polar surface area (TPSA) is 45.0 Å². The molecule has 0 amide bonds. The molecule has 62 valence electrons. The van der Waals surface area contributed by atoms with Gasteiger partial charge in [0.25, 0.3) is 0 Å². The van der Waals surface area contributed by atoms with E-state index in [4.69, 9.17) is 5.21 Å². The van der Waals surface area contributed by atoms with Gasteiger partial charge >= 0.3 is 0 Å². The summed E-state index contributed by atoms with van der Waals surface area (Å²) in [5.74, 6) is 0.495. The quantitative estimate of drug-likeness (QED) is 0.485. The van der Waals surface area contributed by atoms with Crippen molar-refractivity contribution < 1.29 is 5.21 Å². The summed E-state index contributed by atoms with van der Waals surface area (Å²) in [6, 6.07) is 0. The maximum Gasteiger partial charge on any atom is 0.158 e. The van der Waals surface area contributed by atoms with Gasteiger partial charge in [-0.15, -0.1) is 0 Å². The molecule has 1 N–H and O–H groups in total. The molecule has 0 aromatic heterocycles. The lowest BCUT2D eigenvalue weighted by Gasteiger charge is -2.07. The highest BCUT2D eigenvalue weighted by Crippen LogP contribution is 2.28. The van der Waals surface area contributed by atoms with Gasteiger partial charge in [0.05, 0.1) is 5.71 Å². The molecule has 0 aromatic carbocycles. The molecule has 1 unspecified atom stereocenters. The summed E-state index contributed by atoms with van der Waals surface area (Å²) in [4.78, 5) is 4.33.